The number of benzene rings is 1. The lowest BCUT2D eigenvalue weighted by Gasteiger charge is -1.92. The average Bonchev–Trinajstić information content (AvgIpc) is 2.09. The first-order chi connectivity index (χ1) is 5.86. The second kappa shape index (κ2) is 4.62. The van der Waals surface area contributed by atoms with Crippen LogP contribution in [-0.2, 0) is 25.3 Å². The van der Waals surface area contributed by atoms with Gasteiger partial charge in [0.25, 0.3) is 0 Å². The molecule has 58 valence electrons. The molecule has 0 bridgehead atoms. The zero-order valence-electron chi connectivity index (χ0n) is 6.13. The van der Waals surface area contributed by atoms with Crippen molar-refractivity contribution in [3.8, 4) is 22.3 Å². The molecule has 2 heteroatoms. The molecule has 0 aliphatic rings. The third-order valence-electron chi connectivity index (χ3n) is 1.28. The van der Waals surface area contributed by atoms with Gasteiger partial charge in [-0.3, -0.25) is 0 Å². The highest BCUT2D eigenvalue weighted by molar-refractivity contribution is 7.64. The molecule has 0 heterocycles. The van der Waals surface area contributed by atoms with Crippen molar-refractivity contribution in [2.45, 2.75) is 0 Å². The minimum atomic E-state index is 0.903. The van der Waals surface area contributed by atoms with Gasteiger partial charge in [0.1, 0.15) is 0 Å². The Hall–Kier alpha value is -1.22. The third-order valence-corrected chi connectivity index (χ3v) is 1.48. The highest BCUT2D eigenvalue weighted by Gasteiger charge is 1.85. The molecule has 1 aromatic rings. The van der Waals surface area contributed by atoms with Gasteiger partial charge in [0.2, 0.25) is 0 Å². The first-order valence-corrected chi connectivity index (χ1v) is 4.05. The highest BCUT2D eigenvalue weighted by Crippen LogP contribution is 2.01. The van der Waals surface area contributed by atoms with Gasteiger partial charge in [-0.2, -0.15) is 0 Å². The van der Waals surface area contributed by atoms with Crippen molar-refractivity contribution in [3.63, 3.8) is 0 Å². The van der Waals surface area contributed by atoms with Crippen molar-refractivity contribution >= 4 is 25.3 Å². The minimum absolute atomic E-state index is 0.903. The van der Waals surface area contributed by atoms with Crippen LogP contribution in [0.3, 0.4) is 0 Å². The second-order valence-corrected chi connectivity index (χ2v) is 2.44. The van der Waals surface area contributed by atoms with E-state index in [9.17, 15) is 0 Å². The van der Waals surface area contributed by atoms with Crippen molar-refractivity contribution in [2.24, 2.45) is 0 Å². The first kappa shape index (κ1) is 8.87. The van der Waals surface area contributed by atoms with Crippen LogP contribution in [0.15, 0.2) is 24.3 Å². The van der Waals surface area contributed by atoms with Crippen LogP contribution in [0.25, 0.3) is 0 Å². The normalized spacial score (nSPS) is 7.33. The van der Waals surface area contributed by atoms with Crippen LogP contribution in [-0.4, -0.2) is 0 Å². The lowest BCUT2D eigenvalue weighted by atomic mass is 10.1. The molecule has 0 aliphatic carbocycles. The van der Waals surface area contributed by atoms with E-state index in [1.54, 1.807) is 0 Å². The van der Waals surface area contributed by atoms with Crippen molar-refractivity contribution in [1.82, 2.24) is 0 Å². The van der Waals surface area contributed by atoms with Crippen LogP contribution in [0.2, 0.25) is 0 Å². The van der Waals surface area contributed by atoms with E-state index >= 15 is 0 Å². The van der Waals surface area contributed by atoms with Gasteiger partial charge in [-0.15, -0.1) is 0 Å². The summed E-state index contributed by atoms with van der Waals surface area (Å²) >= 11 is 9.02. The molecular weight excluding hydrogens is 184 g/mol. The minimum Gasteiger partial charge on any atom is -0.724 e. The Labute approximate surface area is 83.2 Å². The maximum Gasteiger partial charge on any atom is 0.0228 e. The predicted octanol–water partition coefficient (Wildman–Crippen LogP) is 1.40. The molecule has 0 nitrogen and oxygen atoms in total. The molecule has 1 aromatic carbocycles. The molecular formula is C10H4S2-2. The molecule has 0 unspecified atom stereocenters. The van der Waals surface area contributed by atoms with Crippen LogP contribution in [0, 0.1) is 22.3 Å². The summed E-state index contributed by atoms with van der Waals surface area (Å²) in [5.41, 5.74) is 1.81. The van der Waals surface area contributed by atoms with Gasteiger partial charge in [0.15, 0.2) is 0 Å². The van der Waals surface area contributed by atoms with E-state index in [-0.39, 0.29) is 0 Å². The molecule has 0 N–H and O–H groups in total. The van der Waals surface area contributed by atoms with E-state index in [1.165, 1.54) is 0 Å². The molecule has 0 radical (unpaired) electrons. The van der Waals surface area contributed by atoms with Crippen LogP contribution in [0.1, 0.15) is 11.1 Å². The predicted molar refractivity (Wildman–Crippen MR) is 54.9 cm³/mol. The Kier molecular flexibility index (Phi) is 3.41. The second-order valence-electron chi connectivity index (χ2n) is 2.03. The maximum atomic E-state index is 4.51. The van der Waals surface area contributed by atoms with Crippen LogP contribution in [0.5, 0.6) is 0 Å². The quantitative estimate of drug-likeness (QED) is 0.446. The lowest BCUT2D eigenvalue weighted by Crippen LogP contribution is -1.75. The molecule has 12 heavy (non-hydrogen) atoms. The Morgan fingerprint density at radius 3 is 1.33 bits per heavy atom. The fourth-order valence-electron chi connectivity index (χ4n) is 0.755. The van der Waals surface area contributed by atoms with Gasteiger partial charge < -0.3 is 25.3 Å². The average molecular weight is 188 g/mol. The molecule has 0 aromatic heterocycles. The first-order valence-electron chi connectivity index (χ1n) is 3.23. The van der Waals surface area contributed by atoms with Gasteiger partial charge in [-0.1, -0.05) is 11.8 Å². The topological polar surface area (TPSA) is 0 Å². The van der Waals surface area contributed by atoms with Gasteiger partial charge >= 0.3 is 0 Å². The Balaban J connectivity index is 2.95. The summed E-state index contributed by atoms with van der Waals surface area (Å²) in [6.07, 6.45) is 0. The van der Waals surface area contributed by atoms with Gasteiger partial charge in [0.05, 0.1) is 0 Å². The van der Waals surface area contributed by atoms with E-state index in [0.717, 1.165) is 11.1 Å². The van der Waals surface area contributed by atoms with E-state index in [2.05, 4.69) is 47.6 Å². The van der Waals surface area contributed by atoms with Gasteiger partial charge in [0, 0.05) is 11.1 Å². The smallest absolute Gasteiger partial charge is 0.0228 e. The SMILES string of the molecule is [S-]C#Cc1ccc(C#C[S-])cc1. The van der Waals surface area contributed by atoms with E-state index in [1.807, 2.05) is 24.3 Å². The Morgan fingerprint density at radius 2 is 1.08 bits per heavy atom. The summed E-state index contributed by atoms with van der Waals surface area (Å²) in [6, 6.07) is 7.48. The Morgan fingerprint density at radius 1 is 0.750 bits per heavy atom. The standard InChI is InChI=1S/C10H6S2/c11-7-5-9-1-2-10(4-3-9)6-8-12/h1-4,11-12H/p-2. The summed E-state index contributed by atoms with van der Waals surface area (Å²) in [6.45, 7) is 0. The summed E-state index contributed by atoms with van der Waals surface area (Å²) < 4.78 is 0. The van der Waals surface area contributed by atoms with Gasteiger partial charge in [-0.25, -0.2) is 10.5 Å². The number of hydrogen-bond acceptors (Lipinski definition) is 2. The number of hydrogen-bond donors (Lipinski definition) is 0. The molecule has 0 amide bonds. The van der Waals surface area contributed by atoms with E-state index in [4.69, 9.17) is 0 Å². The third kappa shape index (κ3) is 2.43. The lowest BCUT2D eigenvalue weighted by molar-refractivity contribution is 1.61. The summed E-state index contributed by atoms with van der Waals surface area (Å²) in [7, 11) is 0. The molecule has 0 saturated carbocycles. The zero-order valence-corrected chi connectivity index (χ0v) is 7.76. The van der Waals surface area contributed by atoms with Crippen molar-refractivity contribution in [3.05, 3.63) is 35.4 Å². The van der Waals surface area contributed by atoms with Crippen molar-refractivity contribution < 1.29 is 0 Å². The molecule has 0 spiro atoms. The maximum absolute atomic E-state index is 4.51. The van der Waals surface area contributed by atoms with Crippen molar-refractivity contribution in [2.75, 3.05) is 0 Å². The molecule has 0 atom stereocenters. The number of rotatable bonds is 0. The molecule has 0 aliphatic heterocycles. The fraction of sp³-hybridized carbons (Fsp3) is 0. The summed E-state index contributed by atoms with van der Waals surface area (Å²) in [5.74, 6) is 5.53. The van der Waals surface area contributed by atoms with E-state index in [0.29, 0.717) is 0 Å². The fourth-order valence-corrected chi connectivity index (χ4v) is 0.990. The summed E-state index contributed by atoms with van der Waals surface area (Å²) in [5, 5.41) is 4.82. The zero-order chi connectivity index (χ0) is 8.81. The van der Waals surface area contributed by atoms with Crippen molar-refractivity contribution in [1.29, 1.82) is 0 Å². The summed E-state index contributed by atoms with van der Waals surface area (Å²) in [4.78, 5) is 0. The van der Waals surface area contributed by atoms with Crippen LogP contribution < -0.4 is 0 Å². The molecule has 0 saturated heterocycles. The van der Waals surface area contributed by atoms with Crippen LogP contribution >= 0.6 is 0 Å². The van der Waals surface area contributed by atoms with Gasteiger partial charge in [-0.05, 0) is 24.3 Å². The molecule has 0 fully saturated rings. The largest absolute Gasteiger partial charge is 0.724 e. The highest BCUT2D eigenvalue weighted by atomic mass is 32.1. The Bertz CT molecular complexity index is 329. The monoisotopic (exact) mass is 188 g/mol. The van der Waals surface area contributed by atoms with E-state index < -0.39 is 0 Å². The van der Waals surface area contributed by atoms with Crippen LogP contribution in [0.4, 0.5) is 0 Å². The molecule has 1 rings (SSSR count).